The van der Waals surface area contributed by atoms with E-state index in [1.165, 1.54) is 11.5 Å². The number of anilines is 2. The van der Waals surface area contributed by atoms with Gasteiger partial charge >= 0.3 is 0 Å². The fraction of sp³-hybridized carbons (Fsp3) is 0.250. The molecule has 0 radical (unpaired) electrons. The van der Waals surface area contributed by atoms with Crippen molar-refractivity contribution in [2.45, 2.75) is 11.4 Å². The Morgan fingerprint density at radius 2 is 1.93 bits per heavy atom. The molecule has 27 heavy (non-hydrogen) atoms. The lowest BCUT2D eigenvalue weighted by atomic mass is 10.2. The molecule has 1 aliphatic rings. The lowest BCUT2D eigenvalue weighted by Crippen LogP contribution is -2.36. The average Bonchev–Trinajstić information content (AvgIpc) is 3.12. The molecule has 3 N–H and O–H groups in total. The Bertz CT molecular complexity index is 983. The molecule has 0 aliphatic carbocycles. The van der Waals surface area contributed by atoms with Crippen molar-refractivity contribution < 1.29 is 23.2 Å². The Morgan fingerprint density at radius 3 is 2.48 bits per heavy atom. The molecule has 144 valence electrons. The quantitative estimate of drug-likeness (QED) is 0.501. The number of sulfonamides is 1. The highest BCUT2D eigenvalue weighted by atomic mass is 32.2. The van der Waals surface area contributed by atoms with Crippen LogP contribution in [-0.4, -0.2) is 50.4 Å². The van der Waals surface area contributed by atoms with E-state index in [9.17, 15) is 18.0 Å². The SMILES string of the molecule is CN(C)c1ccc(C(=O)Nc2cc3c(s2)CN(CC(=O)NO)S3(=O)=O)cc1. The van der Waals surface area contributed by atoms with E-state index in [4.69, 9.17) is 5.21 Å². The zero-order valence-electron chi connectivity index (χ0n) is 14.6. The summed E-state index contributed by atoms with van der Waals surface area (Å²) < 4.78 is 25.9. The van der Waals surface area contributed by atoms with E-state index < -0.39 is 22.5 Å². The number of hydrogen-bond acceptors (Lipinski definition) is 7. The molecule has 2 amide bonds. The molecule has 0 bridgehead atoms. The van der Waals surface area contributed by atoms with Crippen LogP contribution >= 0.6 is 11.3 Å². The monoisotopic (exact) mass is 410 g/mol. The Hall–Kier alpha value is -2.47. The summed E-state index contributed by atoms with van der Waals surface area (Å²) in [5, 5.41) is 11.7. The first-order chi connectivity index (χ1) is 12.7. The van der Waals surface area contributed by atoms with Crippen LogP contribution < -0.4 is 15.7 Å². The maximum atomic E-state index is 12.5. The summed E-state index contributed by atoms with van der Waals surface area (Å²) in [6.45, 7) is -0.455. The number of rotatable bonds is 5. The maximum absolute atomic E-state index is 12.5. The smallest absolute Gasteiger partial charge is 0.258 e. The minimum atomic E-state index is -3.83. The molecule has 0 atom stereocenters. The average molecular weight is 410 g/mol. The van der Waals surface area contributed by atoms with Gasteiger partial charge in [0.25, 0.3) is 11.8 Å². The Labute approximate surface area is 160 Å². The second-order valence-corrected chi connectivity index (χ2v) is 9.14. The molecular weight excluding hydrogens is 392 g/mol. The molecule has 0 saturated carbocycles. The van der Waals surface area contributed by atoms with Crippen LogP contribution in [0.25, 0.3) is 0 Å². The number of fused-ring (bicyclic) bond motifs is 1. The number of carbonyl (C=O) groups excluding carboxylic acids is 2. The van der Waals surface area contributed by atoms with Crippen LogP contribution in [0.5, 0.6) is 0 Å². The van der Waals surface area contributed by atoms with Crippen LogP contribution in [-0.2, 0) is 21.4 Å². The van der Waals surface area contributed by atoms with Crippen LogP contribution in [0.3, 0.4) is 0 Å². The second kappa shape index (κ2) is 7.27. The van der Waals surface area contributed by atoms with E-state index in [1.54, 1.807) is 12.1 Å². The number of hydroxylamine groups is 1. The first-order valence-corrected chi connectivity index (χ1v) is 10.1. The Kier molecular flexibility index (Phi) is 5.20. The highest BCUT2D eigenvalue weighted by Crippen LogP contribution is 2.39. The van der Waals surface area contributed by atoms with Gasteiger partial charge in [-0.2, -0.15) is 4.31 Å². The summed E-state index contributed by atoms with van der Waals surface area (Å²) in [6, 6.07) is 8.41. The third kappa shape index (κ3) is 3.81. The molecular formula is C16H18N4O5S2. The van der Waals surface area contributed by atoms with Crippen molar-refractivity contribution in [2.75, 3.05) is 30.9 Å². The zero-order chi connectivity index (χ0) is 19.8. The number of hydrogen-bond donors (Lipinski definition) is 3. The number of nitrogens with zero attached hydrogens (tertiary/aromatic N) is 2. The van der Waals surface area contributed by atoms with Crippen molar-refractivity contribution >= 4 is 43.9 Å². The first kappa shape index (κ1) is 19.3. The lowest BCUT2D eigenvalue weighted by molar-refractivity contribution is -0.129. The molecule has 1 aromatic heterocycles. The number of benzene rings is 1. The van der Waals surface area contributed by atoms with Crippen molar-refractivity contribution in [1.29, 1.82) is 0 Å². The highest BCUT2D eigenvalue weighted by Gasteiger charge is 2.38. The third-order valence-electron chi connectivity index (χ3n) is 4.04. The van der Waals surface area contributed by atoms with Crippen LogP contribution in [0.4, 0.5) is 10.7 Å². The Balaban J connectivity index is 1.74. The standard InChI is InChI=1S/C16H18N4O5S2/c1-19(2)11-5-3-10(4-6-11)16(22)17-15-7-13-12(26-15)8-20(27(13,24)25)9-14(21)18-23/h3-7,23H,8-9H2,1-2H3,(H,17,22)(H,18,21). The first-order valence-electron chi connectivity index (χ1n) is 7.87. The lowest BCUT2D eigenvalue weighted by Gasteiger charge is -2.13. The van der Waals surface area contributed by atoms with Gasteiger partial charge in [0.05, 0.1) is 23.0 Å². The molecule has 2 heterocycles. The molecule has 2 aromatic rings. The molecule has 1 aliphatic heterocycles. The van der Waals surface area contributed by atoms with E-state index in [2.05, 4.69) is 5.32 Å². The predicted molar refractivity (Wildman–Crippen MR) is 101 cm³/mol. The topological polar surface area (TPSA) is 119 Å². The molecule has 3 rings (SSSR count). The molecule has 0 saturated heterocycles. The van der Waals surface area contributed by atoms with Crippen molar-refractivity contribution in [2.24, 2.45) is 0 Å². The molecule has 0 fully saturated rings. The maximum Gasteiger partial charge on any atom is 0.258 e. The largest absolute Gasteiger partial charge is 0.378 e. The van der Waals surface area contributed by atoms with E-state index >= 15 is 0 Å². The second-order valence-electron chi connectivity index (χ2n) is 6.10. The van der Waals surface area contributed by atoms with Crippen molar-refractivity contribution in [3.8, 4) is 0 Å². The number of amides is 2. The van der Waals surface area contributed by atoms with Crippen LogP contribution in [0, 0.1) is 0 Å². The van der Waals surface area contributed by atoms with Crippen LogP contribution in [0.15, 0.2) is 35.2 Å². The van der Waals surface area contributed by atoms with Crippen LogP contribution in [0.2, 0.25) is 0 Å². The van der Waals surface area contributed by atoms with Gasteiger partial charge in [-0.15, -0.1) is 11.3 Å². The molecule has 0 unspecified atom stereocenters. The highest BCUT2D eigenvalue weighted by molar-refractivity contribution is 7.89. The minimum Gasteiger partial charge on any atom is -0.378 e. The number of thiophene rings is 1. The van der Waals surface area contributed by atoms with Gasteiger partial charge in [-0.05, 0) is 30.3 Å². The third-order valence-corrected chi connectivity index (χ3v) is 7.06. The summed E-state index contributed by atoms with van der Waals surface area (Å²) in [6.07, 6.45) is 0. The van der Waals surface area contributed by atoms with E-state index in [1.807, 2.05) is 31.1 Å². The van der Waals surface area contributed by atoms with Gasteiger partial charge in [0, 0.05) is 30.2 Å². The van der Waals surface area contributed by atoms with Gasteiger partial charge in [0.2, 0.25) is 10.0 Å². The fourth-order valence-electron chi connectivity index (χ4n) is 2.62. The molecule has 11 heteroatoms. The Morgan fingerprint density at radius 1 is 1.26 bits per heavy atom. The molecule has 0 spiro atoms. The van der Waals surface area contributed by atoms with Gasteiger partial charge in [-0.3, -0.25) is 14.8 Å². The van der Waals surface area contributed by atoms with Gasteiger partial charge in [0.1, 0.15) is 0 Å². The number of carbonyl (C=O) groups is 2. The summed E-state index contributed by atoms with van der Waals surface area (Å²) in [7, 11) is -0.0333. The van der Waals surface area contributed by atoms with E-state index in [0.29, 0.717) is 15.4 Å². The fourth-order valence-corrected chi connectivity index (χ4v) is 5.66. The predicted octanol–water partition coefficient (Wildman–Crippen LogP) is 1.08. The van der Waals surface area contributed by atoms with Crippen LogP contribution in [0.1, 0.15) is 15.2 Å². The summed E-state index contributed by atoms with van der Waals surface area (Å²) in [5.74, 6) is -1.16. The van der Waals surface area contributed by atoms with Gasteiger partial charge < -0.3 is 10.2 Å². The summed E-state index contributed by atoms with van der Waals surface area (Å²) >= 11 is 1.14. The van der Waals surface area contributed by atoms with Crippen molar-refractivity contribution in [3.63, 3.8) is 0 Å². The van der Waals surface area contributed by atoms with Gasteiger partial charge in [-0.25, -0.2) is 13.9 Å². The van der Waals surface area contributed by atoms with Crippen molar-refractivity contribution in [3.05, 3.63) is 40.8 Å². The van der Waals surface area contributed by atoms with E-state index in [-0.39, 0.29) is 17.3 Å². The molecule has 1 aromatic carbocycles. The normalized spacial score (nSPS) is 15.2. The number of nitrogens with one attached hydrogen (secondary N) is 2. The van der Waals surface area contributed by atoms with Gasteiger partial charge in [-0.1, -0.05) is 0 Å². The van der Waals surface area contributed by atoms with E-state index in [0.717, 1.165) is 21.3 Å². The minimum absolute atomic E-state index is 0.0170. The molecule has 9 nitrogen and oxygen atoms in total. The van der Waals surface area contributed by atoms with Crippen molar-refractivity contribution in [1.82, 2.24) is 9.79 Å². The zero-order valence-corrected chi connectivity index (χ0v) is 16.2. The summed E-state index contributed by atoms with van der Waals surface area (Å²) in [4.78, 5) is 26.1. The summed E-state index contributed by atoms with van der Waals surface area (Å²) in [5.41, 5.74) is 2.83. The van der Waals surface area contributed by atoms with Gasteiger partial charge in [0.15, 0.2) is 0 Å².